The zero-order valence-electron chi connectivity index (χ0n) is 7.84. The molecule has 2 heteroatoms. The standard InChI is InChI=1S/C9H19NS/c1-8(2)9(3)10-4-6-11-7-5-10/h8-9H,4-7H2,1-3H3. The van der Waals surface area contributed by atoms with Crippen molar-refractivity contribution in [3.8, 4) is 0 Å². The van der Waals surface area contributed by atoms with E-state index >= 15 is 0 Å². The van der Waals surface area contributed by atoms with E-state index < -0.39 is 0 Å². The Balaban J connectivity index is 2.32. The summed E-state index contributed by atoms with van der Waals surface area (Å²) in [6, 6.07) is 0.774. The van der Waals surface area contributed by atoms with Gasteiger partial charge in [-0.25, -0.2) is 0 Å². The first kappa shape index (κ1) is 9.40. The summed E-state index contributed by atoms with van der Waals surface area (Å²) in [4.78, 5) is 2.61. The molecule has 0 bridgehead atoms. The van der Waals surface area contributed by atoms with Crippen LogP contribution in [0.25, 0.3) is 0 Å². The van der Waals surface area contributed by atoms with Crippen molar-refractivity contribution in [1.82, 2.24) is 4.90 Å². The zero-order valence-corrected chi connectivity index (χ0v) is 8.66. The summed E-state index contributed by atoms with van der Waals surface area (Å²) in [5, 5.41) is 0. The average Bonchev–Trinajstić information content (AvgIpc) is 2.05. The Labute approximate surface area is 74.5 Å². The van der Waals surface area contributed by atoms with Gasteiger partial charge < -0.3 is 0 Å². The Morgan fingerprint density at radius 1 is 1.09 bits per heavy atom. The van der Waals surface area contributed by atoms with E-state index in [0.29, 0.717) is 0 Å². The average molecular weight is 173 g/mol. The molecule has 0 aromatic heterocycles. The van der Waals surface area contributed by atoms with E-state index in [2.05, 4.69) is 37.4 Å². The number of hydrogen-bond donors (Lipinski definition) is 0. The lowest BCUT2D eigenvalue weighted by molar-refractivity contribution is 0.185. The van der Waals surface area contributed by atoms with Crippen LogP contribution >= 0.6 is 11.8 Å². The van der Waals surface area contributed by atoms with Gasteiger partial charge in [0, 0.05) is 30.6 Å². The molecular weight excluding hydrogens is 154 g/mol. The molecule has 1 aliphatic heterocycles. The van der Waals surface area contributed by atoms with Gasteiger partial charge in [-0.2, -0.15) is 11.8 Å². The van der Waals surface area contributed by atoms with Gasteiger partial charge in [0.05, 0.1) is 0 Å². The third-order valence-corrected chi connectivity index (χ3v) is 3.53. The molecule has 1 atom stereocenters. The molecule has 66 valence electrons. The maximum atomic E-state index is 2.61. The van der Waals surface area contributed by atoms with E-state index in [1.807, 2.05) is 0 Å². The van der Waals surface area contributed by atoms with Crippen molar-refractivity contribution in [2.75, 3.05) is 24.6 Å². The van der Waals surface area contributed by atoms with Gasteiger partial charge in [0.1, 0.15) is 0 Å². The van der Waals surface area contributed by atoms with Gasteiger partial charge in [0.2, 0.25) is 0 Å². The van der Waals surface area contributed by atoms with Gasteiger partial charge in [0.25, 0.3) is 0 Å². The third-order valence-electron chi connectivity index (χ3n) is 2.59. The topological polar surface area (TPSA) is 3.24 Å². The summed E-state index contributed by atoms with van der Waals surface area (Å²) in [5.41, 5.74) is 0. The Hall–Kier alpha value is 0.310. The smallest absolute Gasteiger partial charge is 0.00905 e. The van der Waals surface area contributed by atoms with Crippen LogP contribution in [-0.4, -0.2) is 35.5 Å². The second-order valence-corrected chi connectivity index (χ2v) is 4.86. The SMILES string of the molecule is CC(C)C(C)N1CCSCC1. The second-order valence-electron chi connectivity index (χ2n) is 3.63. The van der Waals surface area contributed by atoms with Crippen LogP contribution in [0, 0.1) is 5.92 Å². The maximum Gasteiger partial charge on any atom is 0.00905 e. The van der Waals surface area contributed by atoms with Crippen LogP contribution in [0.4, 0.5) is 0 Å². The van der Waals surface area contributed by atoms with E-state index in [9.17, 15) is 0 Å². The lowest BCUT2D eigenvalue weighted by Crippen LogP contribution is -2.42. The molecule has 0 aromatic rings. The highest BCUT2D eigenvalue weighted by Crippen LogP contribution is 2.16. The minimum absolute atomic E-state index is 0.774. The molecule has 0 radical (unpaired) electrons. The molecule has 1 saturated heterocycles. The summed E-state index contributed by atoms with van der Waals surface area (Å²) >= 11 is 2.09. The highest BCUT2D eigenvalue weighted by Gasteiger charge is 2.18. The molecule has 0 aliphatic carbocycles. The highest BCUT2D eigenvalue weighted by molar-refractivity contribution is 7.99. The molecule has 1 unspecified atom stereocenters. The predicted molar refractivity (Wildman–Crippen MR) is 53.2 cm³/mol. The van der Waals surface area contributed by atoms with Crippen molar-refractivity contribution >= 4 is 11.8 Å². The molecule has 1 rings (SSSR count). The first-order chi connectivity index (χ1) is 5.22. The molecule has 1 aliphatic rings. The van der Waals surface area contributed by atoms with E-state index in [4.69, 9.17) is 0 Å². The van der Waals surface area contributed by atoms with Crippen LogP contribution < -0.4 is 0 Å². The molecule has 1 fully saturated rings. The van der Waals surface area contributed by atoms with Crippen molar-refractivity contribution < 1.29 is 0 Å². The van der Waals surface area contributed by atoms with Crippen molar-refractivity contribution in [1.29, 1.82) is 0 Å². The summed E-state index contributed by atoms with van der Waals surface area (Å²) in [6.07, 6.45) is 0. The minimum Gasteiger partial charge on any atom is -0.299 e. The van der Waals surface area contributed by atoms with Gasteiger partial charge in [0.15, 0.2) is 0 Å². The lowest BCUT2D eigenvalue weighted by atomic mass is 10.1. The number of nitrogens with zero attached hydrogens (tertiary/aromatic N) is 1. The maximum absolute atomic E-state index is 2.61. The Kier molecular flexibility index (Phi) is 3.73. The molecule has 0 spiro atoms. The molecule has 1 nitrogen and oxygen atoms in total. The molecule has 0 amide bonds. The Bertz CT molecular complexity index is 108. The normalized spacial score (nSPS) is 24.0. The molecular formula is C9H19NS. The quantitative estimate of drug-likeness (QED) is 0.629. The summed E-state index contributed by atoms with van der Waals surface area (Å²) < 4.78 is 0. The fourth-order valence-corrected chi connectivity index (χ4v) is 2.34. The van der Waals surface area contributed by atoms with Gasteiger partial charge in [-0.3, -0.25) is 4.90 Å². The van der Waals surface area contributed by atoms with Crippen LogP contribution in [0.1, 0.15) is 20.8 Å². The van der Waals surface area contributed by atoms with E-state index in [1.54, 1.807) is 0 Å². The molecule has 1 heterocycles. The largest absolute Gasteiger partial charge is 0.299 e. The Morgan fingerprint density at radius 2 is 1.64 bits per heavy atom. The summed E-state index contributed by atoms with van der Waals surface area (Å²) in [6.45, 7) is 9.56. The van der Waals surface area contributed by atoms with Crippen molar-refractivity contribution in [3.63, 3.8) is 0 Å². The zero-order chi connectivity index (χ0) is 8.27. The molecule has 0 aromatic carbocycles. The minimum atomic E-state index is 0.774. The van der Waals surface area contributed by atoms with Crippen LogP contribution in [-0.2, 0) is 0 Å². The Morgan fingerprint density at radius 3 is 2.09 bits per heavy atom. The first-order valence-electron chi connectivity index (χ1n) is 4.53. The van der Waals surface area contributed by atoms with Crippen molar-refractivity contribution in [3.05, 3.63) is 0 Å². The van der Waals surface area contributed by atoms with Crippen LogP contribution in [0.2, 0.25) is 0 Å². The van der Waals surface area contributed by atoms with Crippen LogP contribution in [0.3, 0.4) is 0 Å². The molecule has 0 saturated carbocycles. The van der Waals surface area contributed by atoms with E-state index in [1.165, 1.54) is 24.6 Å². The predicted octanol–water partition coefficient (Wildman–Crippen LogP) is 2.08. The van der Waals surface area contributed by atoms with Crippen molar-refractivity contribution in [2.45, 2.75) is 26.8 Å². The van der Waals surface area contributed by atoms with Gasteiger partial charge in [-0.1, -0.05) is 13.8 Å². The first-order valence-corrected chi connectivity index (χ1v) is 5.69. The lowest BCUT2D eigenvalue weighted by Gasteiger charge is -2.34. The summed E-state index contributed by atoms with van der Waals surface area (Å²) in [5.74, 6) is 3.46. The molecule has 11 heavy (non-hydrogen) atoms. The second kappa shape index (κ2) is 4.36. The van der Waals surface area contributed by atoms with Gasteiger partial charge >= 0.3 is 0 Å². The number of hydrogen-bond acceptors (Lipinski definition) is 2. The number of thioether (sulfide) groups is 1. The van der Waals surface area contributed by atoms with E-state index in [-0.39, 0.29) is 0 Å². The van der Waals surface area contributed by atoms with Gasteiger partial charge in [-0.05, 0) is 12.8 Å². The summed E-state index contributed by atoms with van der Waals surface area (Å²) in [7, 11) is 0. The van der Waals surface area contributed by atoms with Crippen LogP contribution in [0.15, 0.2) is 0 Å². The van der Waals surface area contributed by atoms with E-state index in [0.717, 1.165) is 12.0 Å². The van der Waals surface area contributed by atoms with Gasteiger partial charge in [-0.15, -0.1) is 0 Å². The van der Waals surface area contributed by atoms with Crippen molar-refractivity contribution in [2.24, 2.45) is 5.92 Å². The van der Waals surface area contributed by atoms with Crippen LogP contribution in [0.5, 0.6) is 0 Å². The fourth-order valence-electron chi connectivity index (χ4n) is 1.41. The monoisotopic (exact) mass is 173 g/mol. The highest BCUT2D eigenvalue weighted by atomic mass is 32.2. The third kappa shape index (κ3) is 2.68. The molecule has 0 N–H and O–H groups in total. The number of rotatable bonds is 2. The fraction of sp³-hybridized carbons (Fsp3) is 1.00.